The molecule has 1 aromatic carbocycles. The van der Waals surface area contributed by atoms with E-state index in [0.717, 1.165) is 0 Å². The molecule has 8 heteroatoms. The van der Waals surface area contributed by atoms with Crippen molar-refractivity contribution in [3.63, 3.8) is 0 Å². The van der Waals surface area contributed by atoms with Crippen LogP contribution < -0.4 is 4.90 Å². The van der Waals surface area contributed by atoms with E-state index in [2.05, 4.69) is 4.99 Å². The summed E-state index contributed by atoms with van der Waals surface area (Å²) in [6, 6.07) is 5.56. The molecular formula is C15H17FN2O3S2. The summed E-state index contributed by atoms with van der Waals surface area (Å²) in [6.07, 6.45) is 1.06. The summed E-state index contributed by atoms with van der Waals surface area (Å²) >= 11 is 1.33. The van der Waals surface area contributed by atoms with Crippen LogP contribution >= 0.6 is 11.8 Å². The van der Waals surface area contributed by atoms with Crippen LogP contribution in [0.15, 0.2) is 29.3 Å². The minimum atomic E-state index is -3.09. The lowest BCUT2D eigenvalue weighted by Crippen LogP contribution is -2.37. The third-order valence-electron chi connectivity index (χ3n) is 3.86. The number of anilines is 1. The second-order valence-corrected chi connectivity index (χ2v) is 9.05. The number of rotatable bonds is 3. The highest BCUT2D eigenvalue weighted by Gasteiger charge is 2.49. The summed E-state index contributed by atoms with van der Waals surface area (Å²) in [5.74, 6) is -0.467. The molecule has 0 aromatic heterocycles. The number of thioether (sulfide) groups is 1. The summed E-state index contributed by atoms with van der Waals surface area (Å²) in [6.45, 7) is 1.90. The van der Waals surface area contributed by atoms with Crippen molar-refractivity contribution in [2.75, 3.05) is 16.4 Å². The number of carbonyl (C=O) groups is 1. The van der Waals surface area contributed by atoms with Crippen molar-refractivity contribution in [2.24, 2.45) is 4.99 Å². The van der Waals surface area contributed by atoms with Gasteiger partial charge in [-0.15, -0.1) is 0 Å². The van der Waals surface area contributed by atoms with Gasteiger partial charge in [0.15, 0.2) is 15.0 Å². The van der Waals surface area contributed by atoms with Crippen LogP contribution in [-0.4, -0.2) is 42.3 Å². The third-order valence-corrected chi connectivity index (χ3v) is 7.07. The van der Waals surface area contributed by atoms with Gasteiger partial charge in [-0.25, -0.2) is 12.8 Å². The Morgan fingerprint density at radius 1 is 1.35 bits per heavy atom. The van der Waals surface area contributed by atoms with E-state index in [0.29, 0.717) is 23.7 Å². The number of aliphatic imine (C=N–C) groups is 1. The molecule has 0 radical (unpaired) electrons. The Bertz CT molecular complexity index is 746. The maximum absolute atomic E-state index is 13.2. The molecule has 1 amide bonds. The highest BCUT2D eigenvalue weighted by Crippen LogP contribution is 2.40. The van der Waals surface area contributed by atoms with Gasteiger partial charge in [0, 0.05) is 17.4 Å². The molecule has 2 saturated heterocycles. The maximum atomic E-state index is 13.2. The molecule has 0 bridgehead atoms. The van der Waals surface area contributed by atoms with E-state index in [1.54, 1.807) is 17.0 Å². The summed E-state index contributed by atoms with van der Waals surface area (Å²) in [5, 5.41) is 0.373. The highest BCUT2D eigenvalue weighted by molar-refractivity contribution is 8.16. The minimum absolute atomic E-state index is 0.0308. The van der Waals surface area contributed by atoms with Crippen molar-refractivity contribution >= 4 is 38.4 Å². The smallest absolute Gasteiger partial charge is 0.248 e. The number of benzene rings is 1. The standard InChI is InChI=1S/C15H17FN2O3S2/c1-2-3-14(19)17-15-18(11-6-4-10(16)5-7-11)12-8-23(20,21)9-13(12)22-15/h4-7,12-13H,2-3,8-9H2,1H3/t12-,13-/m0/s1. The number of hydrogen-bond acceptors (Lipinski definition) is 4. The van der Waals surface area contributed by atoms with E-state index in [4.69, 9.17) is 0 Å². The largest absolute Gasteiger partial charge is 0.316 e. The molecule has 124 valence electrons. The van der Waals surface area contributed by atoms with Gasteiger partial charge in [0.25, 0.3) is 0 Å². The Morgan fingerprint density at radius 3 is 2.70 bits per heavy atom. The molecule has 2 aliphatic rings. The van der Waals surface area contributed by atoms with Gasteiger partial charge >= 0.3 is 0 Å². The predicted molar refractivity (Wildman–Crippen MR) is 90.0 cm³/mol. The molecule has 2 aliphatic heterocycles. The van der Waals surface area contributed by atoms with Crippen molar-refractivity contribution in [3.05, 3.63) is 30.1 Å². The second kappa shape index (κ2) is 6.24. The van der Waals surface area contributed by atoms with Crippen LogP contribution in [0.1, 0.15) is 19.8 Å². The van der Waals surface area contributed by atoms with Crippen LogP contribution in [0.2, 0.25) is 0 Å². The minimum Gasteiger partial charge on any atom is -0.316 e. The van der Waals surface area contributed by atoms with Crippen molar-refractivity contribution < 1.29 is 17.6 Å². The Kier molecular flexibility index (Phi) is 4.46. The van der Waals surface area contributed by atoms with Gasteiger partial charge < -0.3 is 4.90 Å². The topological polar surface area (TPSA) is 66.8 Å². The highest BCUT2D eigenvalue weighted by atomic mass is 32.2. The fourth-order valence-corrected chi connectivity index (χ4v) is 6.78. The SMILES string of the molecule is CCCC(=O)N=C1S[C@H]2CS(=O)(=O)C[C@@H]2N1c1ccc(F)cc1. The molecule has 2 heterocycles. The predicted octanol–water partition coefficient (Wildman–Crippen LogP) is 2.23. The molecule has 0 saturated carbocycles. The monoisotopic (exact) mass is 356 g/mol. The Hall–Kier alpha value is -1.41. The molecule has 5 nitrogen and oxygen atoms in total. The first-order chi connectivity index (χ1) is 10.9. The number of carbonyl (C=O) groups excluding carboxylic acids is 1. The number of fused-ring (bicyclic) bond motifs is 1. The number of amidine groups is 1. The molecular weight excluding hydrogens is 339 g/mol. The van der Waals surface area contributed by atoms with Crippen molar-refractivity contribution in [2.45, 2.75) is 31.1 Å². The van der Waals surface area contributed by atoms with Gasteiger partial charge in [0.1, 0.15) is 5.82 Å². The van der Waals surface area contributed by atoms with E-state index in [1.165, 1.54) is 23.9 Å². The van der Waals surface area contributed by atoms with E-state index in [1.807, 2.05) is 6.92 Å². The molecule has 0 N–H and O–H groups in total. The fourth-order valence-electron chi connectivity index (χ4n) is 2.84. The maximum Gasteiger partial charge on any atom is 0.248 e. The first-order valence-electron chi connectivity index (χ1n) is 7.43. The number of amides is 1. The lowest BCUT2D eigenvalue weighted by Gasteiger charge is -2.24. The Labute approximate surface area is 138 Å². The van der Waals surface area contributed by atoms with Gasteiger partial charge in [-0.1, -0.05) is 18.7 Å². The zero-order chi connectivity index (χ0) is 16.6. The molecule has 0 unspecified atom stereocenters. The van der Waals surface area contributed by atoms with E-state index >= 15 is 0 Å². The average Bonchev–Trinajstić information content (AvgIpc) is 2.91. The van der Waals surface area contributed by atoms with E-state index < -0.39 is 9.84 Å². The molecule has 0 spiro atoms. The summed E-state index contributed by atoms with van der Waals surface area (Å²) < 4.78 is 37.0. The third kappa shape index (κ3) is 3.42. The molecule has 23 heavy (non-hydrogen) atoms. The van der Waals surface area contributed by atoms with Gasteiger partial charge in [-0.3, -0.25) is 4.79 Å². The number of nitrogens with zero attached hydrogens (tertiary/aromatic N) is 2. The summed E-state index contributed by atoms with van der Waals surface area (Å²) in [5.41, 5.74) is 0.659. The summed E-state index contributed by atoms with van der Waals surface area (Å²) in [4.78, 5) is 17.8. The van der Waals surface area contributed by atoms with Crippen molar-refractivity contribution in [1.82, 2.24) is 0 Å². The molecule has 2 atom stereocenters. The van der Waals surface area contributed by atoms with E-state index in [-0.39, 0.29) is 34.5 Å². The number of sulfone groups is 1. The molecule has 2 fully saturated rings. The number of hydrogen-bond donors (Lipinski definition) is 0. The van der Waals surface area contributed by atoms with Gasteiger partial charge in [-0.2, -0.15) is 4.99 Å². The molecule has 0 aliphatic carbocycles. The van der Waals surface area contributed by atoms with Crippen LogP contribution in [0.3, 0.4) is 0 Å². The van der Waals surface area contributed by atoms with Crippen LogP contribution in [0.5, 0.6) is 0 Å². The Morgan fingerprint density at radius 2 is 2.04 bits per heavy atom. The first-order valence-corrected chi connectivity index (χ1v) is 10.1. The van der Waals surface area contributed by atoms with E-state index in [9.17, 15) is 17.6 Å². The van der Waals surface area contributed by atoms with Gasteiger partial charge in [0.2, 0.25) is 5.91 Å². The lowest BCUT2D eigenvalue weighted by molar-refractivity contribution is -0.117. The van der Waals surface area contributed by atoms with Crippen molar-refractivity contribution in [3.8, 4) is 0 Å². The van der Waals surface area contributed by atoms with Crippen LogP contribution in [0.4, 0.5) is 10.1 Å². The Balaban J connectivity index is 1.97. The molecule has 3 rings (SSSR count). The first kappa shape index (κ1) is 16.4. The zero-order valence-electron chi connectivity index (χ0n) is 12.6. The van der Waals surface area contributed by atoms with Gasteiger partial charge in [0.05, 0.1) is 17.5 Å². The lowest BCUT2D eigenvalue weighted by atomic mass is 10.2. The zero-order valence-corrected chi connectivity index (χ0v) is 14.2. The normalized spacial score (nSPS) is 27.4. The molecule has 1 aromatic rings. The number of halogens is 1. The average molecular weight is 356 g/mol. The summed E-state index contributed by atoms with van der Waals surface area (Å²) in [7, 11) is -3.09. The van der Waals surface area contributed by atoms with Gasteiger partial charge in [-0.05, 0) is 30.7 Å². The second-order valence-electron chi connectivity index (χ2n) is 5.69. The quantitative estimate of drug-likeness (QED) is 0.831. The van der Waals surface area contributed by atoms with Crippen LogP contribution in [0.25, 0.3) is 0 Å². The fraction of sp³-hybridized carbons (Fsp3) is 0.467. The van der Waals surface area contributed by atoms with Crippen LogP contribution in [0, 0.1) is 5.82 Å². The van der Waals surface area contributed by atoms with Crippen LogP contribution in [-0.2, 0) is 14.6 Å². The van der Waals surface area contributed by atoms with Crippen molar-refractivity contribution in [1.29, 1.82) is 0 Å².